The van der Waals surface area contributed by atoms with Crippen molar-refractivity contribution in [1.29, 1.82) is 0 Å². The quantitative estimate of drug-likeness (QED) is 0.376. The first kappa shape index (κ1) is 17.7. The standard InChI is InChI=1S/C6H13NO2.C6H15N/c1-2-3-4-5-6-7(8)9;1-2-3-4-5-6-7/h2-6H2,1H3;2-7H2,1H3. The van der Waals surface area contributed by atoms with E-state index in [9.17, 15) is 10.1 Å². The van der Waals surface area contributed by atoms with Crippen LogP contribution >= 0.6 is 0 Å². The Morgan fingerprint density at radius 1 is 0.938 bits per heavy atom. The highest BCUT2D eigenvalue weighted by Crippen LogP contribution is 1.97. The molecule has 0 aliphatic heterocycles. The molecule has 0 unspecified atom stereocenters. The average molecular weight is 232 g/mol. The Balaban J connectivity index is 0. The molecule has 0 aromatic carbocycles. The zero-order chi connectivity index (χ0) is 12.6. The van der Waals surface area contributed by atoms with Gasteiger partial charge in [-0.2, -0.15) is 0 Å². The first-order chi connectivity index (χ1) is 7.68. The predicted molar refractivity (Wildman–Crippen MR) is 69.2 cm³/mol. The number of unbranched alkanes of at least 4 members (excludes halogenated alkanes) is 6. The minimum atomic E-state index is -0.254. The van der Waals surface area contributed by atoms with Crippen LogP contribution in [0.15, 0.2) is 0 Å². The number of nitro groups is 1. The lowest BCUT2D eigenvalue weighted by atomic mass is 10.2. The zero-order valence-electron chi connectivity index (χ0n) is 10.9. The van der Waals surface area contributed by atoms with Gasteiger partial charge in [0.1, 0.15) is 0 Å². The molecule has 2 N–H and O–H groups in total. The van der Waals surface area contributed by atoms with Crippen LogP contribution in [-0.4, -0.2) is 18.0 Å². The number of nitrogens with zero attached hydrogens (tertiary/aromatic N) is 1. The van der Waals surface area contributed by atoms with Gasteiger partial charge in [-0.05, 0) is 19.4 Å². The highest BCUT2D eigenvalue weighted by Gasteiger charge is 1.94. The third kappa shape index (κ3) is 23.3. The molecule has 98 valence electrons. The van der Waals surface area contributed by atoms with Crippen LogP contribution in [0.2, 0.25) is 0 Å². The van der Waals surface area contributed by atoms with Gasteiger partial charge in [-0.1, -0.05) is 46.0 Å². The van der Waals surface area contributed by atoms with Crippen LogP contribution in [0.25, 0.3) is 0 Å². The first-order valence-electron chi connectivity index (χ1n) is 6.50. The molecule has 0 aliphatic carbocycles. The van der Waals surface area contributed by atoms with Gasteiger partial charge in [-0.3, -0.25) is 10.1 Å². The molecule has 0 heterocycles. The molecule has 0 fully saturated rings. The summed E-state index contributed by atoms with van der Waals surface area (Å²) in [6, 6.07) is 0. The van der Waals surface area contributed by atoms with Crippen molar-refractivity contribution < 1.29 is 4.92 Å². The Labute approximate surface area is 99.8 Å². The normalized spacial score (nSPS) is 9.44. The van der Waals surface area contributed by atoms with Crippen molar-refractivity contribution >= 4 is 0 Å². The average Bonchev–Trinajstić information content (AvgIpc) is 2.26. The molecular weight excluding hydrogens is 204 g/mol. The number of hydrogen-bond acceptors (Lipinski definition) is 3. The Morgan fingerprint density at radius 2 is 1.44 bits per heavy atom. The minimum absolute atomic E-state index is 0.139. The minimum Gasteiger partial charge on any atom is -0.330 e. The third-order valence-electron chi connectivity index (χ3n) is 2.25. The van der Waals surface area contributed by atoms with Crippen molar-refractivity contribution in [2.45, 2.75) is 65.2 Å². The van der Waals surface area contributed by atoms with Crippen molar-refractivity contribution in [3.8, 4) is 0 Å². The van der Waals surface area contributed by atoms with Gasteiger partial charge in [0.25, 0.3) is 0 Å². The largest absolute Gasteiger partial charge is 0.330 e. The van der Waals surface area contributed by atoms with Crippen LogP contribution in [0, 0.1) is 10.1 Å². The van der Waals surface area contributed by atoms with Gasteiger partial charge in [0, 0.05) is 11.3 Å². The van der Waals surface area contributed by atoms with Crippen LogP contribution in [-0.2, 0) is 0 Å². The molecule has 0 spiro atoms. The highest BCUT2D eigenvalue weighted by atomic mass is 16.6. The fourth-order valence-electron chi connectivity index (χ4n) is 1.24. The molecule has 0 aromatic rings. The lowest BCUT2D eigenvalue weighted by Crippen LogP contribution is -1.99. The monoisotopic (exact) mass is 232 g/mol. The maximum absolute atomic E-state index is 9.77. The molecule has 0 aromatic heterocycles. The van der Waals surface area contributed by atoms with E-state index < -0.39 is 0 Å². The van der Waals surface area contributed by atoms with Gasteiger partial charge in [-0.15, -0.1) is 0 Å². The molecule has 0 amide bonds. The summed E-state index contributed by atoms with van der Waals surface area (Å²) < 4.78 is 0. The summed E-state index contributed by atoms with van der Waals surface area (Å²) in [5, 5.41) is 9.77. The molecule has 0 aliphatic rings. The van der Waals surface area contributed by atoms with Crippen molar-refractivity contribution in [2.24, 2.45) is 5.73 Å². The van der Waals surface area contributed by atoms with Crippen LogP contribution in [0.1, 0.15) is 65.2 Å². The fraction of sp³-hybridized carbons (Fsp3) is 1.00. The van der Waals surface area contributed by atoms with Crippen LogP contribution < -0.4 is 5.73 Å². The van der Waals surface area contributed by atoms with Gasteiger partial charge in [0.2, 0.25) is 6.54 Å². The molecule has 0 saturated heterocycles. The van der Waals surface area contributed by atoms with Crippen LogP contribution in [0.3, 0.4) is 0 Å². The molecule has 0 atom stereocenters. The summed E-state index contributed by atoms with van der Waals surface area (Å²) >= 11 is 0. The van der Waals surface area contributed by atoms with E-state index in [-0.39, 0.29) is 11.5 Å². The topological polar surface area (TPSA) is 69.2 Å². The van der Waals surface area contributed by atoms with E-state index in [4.69, 9.17) is 5.73 Å². The molecule has 0 rings (SSSR count). The van der Waals surface area contributed by atoms with Crippen molar-refractivity contribution in [1.82, 2.24) is 0 Å². The lowest BCUT2D eigenvalue weighted by Gasteiger charge is -1.91. The number of rotatable bonds is 9. The molecule has 0 radical (unpaired) electrons. The summed E-state index contributed by atoms with van der Waals surface area (Å²) in [4.78, 5) is 9.51. The Morgan fingerprint density at radius 3 is 1.81 bits per heavy atom. The smallest absolute Gasteiger partial charge is 0.203 e. The molecule has 0 bridgehead atoms. The molecule has 4 heteroatoms. The SMILES string of the molecule is CCCCCCN.CCCCCC[N+](=O)[O-]. The third-order valence-corrected chi connectivity index (χ3v) is 2.25. The summed E-state index contributed by atoms with van der Waals surface area (Å²) in [5.74, 6) is 0. The van der Waals surface area contributed by atoms with Crippen LogP contribution in [0.5, 0.6) is 0 Å². The second kappa shape index (κ2) is 16.8. The summed E-state index contributed by atoms with van der Waals surface area (Å²) in [7, 11) is 0. The number of nitrogens with two attached hydrogens (primary N) is 1. The lowest BCUT2D eigenvalue weighted by molar-refractivity contribution is -0.480. The molecular formula is C12H28N2O2. The van der Waals surface area contributed by atoms with Crippen molar-refractivity contribution in [3.63, 3.8) is 0 Å². The van der Waals surface area contributed by atoms with Crippen molar-refractivity contribution in [2.75, 3.05) is 13.1 Å². The summed E-state index contributed by atoms with van der Waals surface area (Å²) in [6.45, 7) is 5.29. The molecule has 4 nitrogen and oxygen atoms in total. The van der Waals surface area contributed by atoms with E-state index >= 15 is 0 Å². The second-order valence-electron chi connectivity index (χ2n) is 3.97. The van der Waals surface area contributed by atoms with Crippen LogP contribution in [0.4, 0.5) is 0 Å². The first-order valence-corrected chi connectivity index (χ1v) is 6.50. The van der Waals surface area contributed by atoms with Gasteiger partial charge in [0.15, 0.2) is 0 Å². The van der Waals surface area contributed by atoms with E-state index in [1.807, 2.05) is 0 Å². The highest BCUT2D eigenvalue weighted by molar-refractivity contribution is 4.38. The Kier molecular flexibility index (Phi) is 18.6. The van der Waals surface area contributed by atoms with Crippen molar-refractivity contribution in [3.05, 3.63) is 10.1 Å². The van der Waals surface area contributed by atoms with E-state index in [0.29, 0.717) is 0 Å². The molecule has 16 heavy (non-hydrogen) atoms. The predicted octanol–water partition coefficient (Wildman–Crippen LogP) is 3.37. The second-order valence-corrected chi connectivity index (χ2v) is 3.97. The van der Waals surface area contributed by atoms with Gasteiger partial charge in [-0.25, -0.2) is 0 Å². The van der Waals surface area contributed by atoms with Gasteiger partial charge >= 0.3 is 0 Å². The van der Waals surface area contributed by atoms with E-state index in [1.54, 1.807) is 0 Å². The zero-order valence-corrected chi connectivity index (χ0v) is 10.9. The summed E-state index contributed by atoms with van der Waals surface area (Å²) in [5.41, 5.74) is 5.27. The Bertz CT molecular complexity index is 137. The van der Waals surface area contributed by atoms with E-state index in [0.717, 1.165) is 32.2 Å². The van der Waals surface area contributed by atoms with Gasteiger partial charge < -0.3 is 5.73 Å². The maximum Gasteiger partial charge on any atom is 0.203 e. The fourth-order valence-corrected chi connectivity index (χ4v) is 1.24. The summed E-state index contributed by atoms with van der Waals surface area (Å²) in [6.07, 6.45) is 9.15. The van der Waals surface area contributed by atoms with E-state index in [2.05, 4.69) is 13.8 Å². The van der Waals surface area contributed by atoms with Gasteiger partial charge in [0.05, 0.1) is 0 Å². The molecule has 0 saturated carbocycles. The maximum atomic E-state index is 9.77. The Hall–Kier alpha value is -0.640. The number of hydrogen-bond donors (Lipinski definition) is 1. The van der Waals surface area contributed by atoms with E-state index in [1.165, 1.54) is 25.7 Å².